The monoisotopic (exact) mass is 268 g/mol. The van der Waals surface area contributed by atoms with Gasteiger partial charge in [-0.05, 0) is 31.2 Å². The van der Waals surface area contributed by atoms with E-state index in [1.807, 2.05) is 0 Å². The maximum absolute atomic E-state index is 12.7. The van der Waals surface area contributed by atoms with E-state index >= 15 is 0 Å². The van der Waals surface area contributed by atoms with Gasteiger partial charge >= 0.3 is 6.09 Å². The molecule has 0 atom stereocenters. The number of amides is 1. The van der Waals surface area contributed by atoms with Crippen LogP contribution in [0, 0.1) is 12.7 Å². The molecule has 5 nitrogen and oxygen atoms in total. The first kappa shape index (κ1) is 12.3. The highest BCUT2D eigenvalue weighted by molar-refractivity contribution is 7.17. The molecule has 0 aliphatic carbocycles. The second kappa shape index (κ2) is 5.01. The highest BCUT2D eigenvalue weighted by Gasteiger charge is 2.11. The highest BCUT2D eigenvalue weighted by atomic mass is 32.1. The van der Waals surface area contributed by atoms with Gasteiger partial charge in [0.05, 0.1) is 5.69 Å². The molecule has 0 radical (unpaired) electrons. The fourth-order valence-corrected chi connectivity index (χ4v) is 2.06. The molecule has 94 valence electrons. The van der Waals surface area contributed by atoms with Gasteiger partial charge in [0, 0.05) is 0 Å². The number of hydrogen-bond donors (Lipinski definition) is 2. The van der Waals surface area contributed by atoms with Crippen molar-refractivity contribution < 1.29 is 19.0 Å². The summed E-state index contributed by atoms with van der Waals surface area (Å²) in [4.78, 5) is 14.6. The lowest BCUT2D eigenvalue weighted by Gasteiger charge is -2.00. The molecule has 1 aromatic carbocycles. The number of nitrogens with zero attached hydrogens (tertiary/aromatic N) is 1. The summed E-state index contributed by atoms with van der Waals surface area (Å²) < 4.78 is 18.1. The molecule has 2 aromatic rings. The van der Waals surface area contributed by atoms with E-state index in [0.29, 0.717) is 21.6 Å². The Hall–Kier alpha value is -2.15. The topological polar surface area (TPSA) is 71.5 Å². The first-order valence-electron chi connectivity index (χ1n) is 4.95. The predicted octanol–water partition coefficient (Wildman–Crippen LogP) is 3.47. The van der Waals surface area contributed by atoms with E-state index in [9.17, 15) is 9.18 Å². The molecule has 0 saturated carbocycles. The summed E-state index contributed by atoms with van der Waals surface area (Å²) in [5, 5.41) is 11.5. The molecule has 0 aliphatic rings. The van der Waals surface area contributed by atoms with Gasteiger partial charge in [-0.15, -0.1) is 0 Å². The molecule has 18 heavy (non-hydrogen) atoms. The van der Waals surface area contributed by atoms with Crippen LogP contribution in [0.15, 0.2) is 24.3 Å². The summed E-state index contributed by atoms with van der Waals surface area (Å²) in [7, 11) is 0. The van der Waals surface area contributed by atoms with Crippen LogP contribution in [0.1, 0.15) is 5.69 Å². The number of anilines is 1. The first-order chi connectivity index (χ1) is 8.54. The molecule has 0 saturated heterocycles. The van der Waals surface area contributed by atoms with E-state index in [2.05, 4.69) is 10.3 Å². The Morgan fingerprint density at radius 1 is 1.44 bits per heavy atom. The van der Waals surface area contributed by atoms with Gasteiger partial charge in [-0.1, -0.05) is 11.3 Å². The Morgan fingerprint density at radius 3 is 2.72 bits per heavy atom. The predicted molar refractivity (Wildman–Crippen MR) is 65.0 cm³/mol. The Kier molecular flexibility index (Phi) is 3.42. The summed E-state index contributed by atoms with van der Waals surface area (Å²) in [6.45, 7) is 1.67. The number of ether oxygens (including phenoxy) is 1. The van der Waals surface area contributed by atoms with Crippen molar-refractivity contribution in [2.24, 2.45) is 0 Å². The summed E-state index contributed by atoms with van der Waals surface area (Å²) in [6.07, 6.45) is -1.16. The lowest BCUT2D eigenvalue weighted by molar-refractivity contribution is 0.210. The van der Waals surface area contributed by atoms with E-state index in [1.54, 1.807) is 6.92 Å². The van der Waals surface area contributed by atoms with Crippen molar-refractivity contribution in [3.8, 4) is 10.9 Å². The normalized spacial score (nSPS) is 10.1. The Labute approximate surface area is 106 Å². The second-order valence-electron chi connectivity index (χ2n) is 3.38. The second-order valence-corrected chi connectivity index (χ2v) is 4.34. The number of carbonyl (C=O) groups is 1. The van der Waals surface area contributed by atoms with Gasteiger partial charge in [-0.3, -0.25) is 5.32 Å². The van der Waals surface area contributed by atoms with Gasteiger partial charge in [-0.25, -0.2) is 14.2 Å². The van der Waals surface area contributed by atoms with E-state index in [-0.39, 0.29) is 5.82 Å². The number of rotatable bonds is 3. The average molecular weight is 268 g/mol. The van der Waals surface area contributed by atoms with Crippen LogP contribution in [0.4, 0.5) is 14.2 Å². The molecule has 0 bridgehead atoms. The minimum absolute atomic E-state index is 0.294. The third-order valence-electron chi connectivity index (χ3n) is 2.02. The summed E-state index contributed by atoms with van der Waals surface area (Å²) >= 11 is 1.07. The van der Waals surface area contributed by atoms with Crippen LogP contribution in [0.3, 0.4) is 0 Å². The van der Waals surface area contributed by atoms with Gasteiger partial charge in [-0.2, -0.15) is 0 Å². The van der Waals surface area contributed by atoms with E-state index in [4.69, 9.17) is 9.84 Å². The molecule has 0 spiro atoms. The summed E-state index contributed by atoms with van der Waals surface area (Å²) in [5.41, 5.74) is 0.527. The maximum atomic E-state index is 12.7. The fourth-order valence-electron chi connectivity index (χ4n) is 1.23. The van der Waals surface area contributed by atoms with Crippen LogP contribution in [0.25, 0.3) is 0 Å². The summed E-state index contributed by atoms with van der Waals surface area (Å²) in [5.74, 6) is 0.0814. The molecule has 7 heteroatoms. The molecular weight excluding hydrogens is 259 g/mol. The molecule has 2 rings (SSSR count). The third kappa shape index (κ3) is 2.95. The number of benzene rings is 1. The Balaban J connectivity index is 2.14. The minimum Gasteiger partial charge on any atom is -0.465 e. The summed E-state index contributed by atoms with van der Waals surface area (Å²) in [6, 6.07) is 5.48. The van der Waals surface area contributed by atoms with Gasteiger partial charge in [0.1, 0.15) is 16.6 Å². The van der Waals surface area contributed by atoms with E-state index in [0.717, 1.165) is 11.3 Å². The van der Waals surface area contributed by atoms with Crippen molar-refractivity contribution in [2.45, 2.75) is 6.92 Å². The standard InChI is InChI=1S/C11H9FN2O3S/c1-6-9(14-10(15)16)18-11(13-6)17-8-4-2-7(12)3-5-8/h2-5,14H,1H3,(H,15,16). The fraction of sp³-hybridized carbons (Fsp3) is 0.0909. The van der Waals surface area contributed by atoms with Crippen molar-refractivity contribution in [2.75, 3.05) is 5.32 Å². The molecule has 1 heterocycles. The van der Waals surface area contributed by atoms with Crippen LogP contribution in [0.2, 0.25) is 0 Å². The molecular formula is C11H9FN2O3S. The molecule has 1 amide bonds. The quantitative estimate of drug-likeness (QED) is 0.894. The number of thiazole rings is 1. The highest BCUT2D eigenvalue weighted by Crippen LogP contribution is 2.32. The van der Waals surface area contributed by atoms with Crippen molar-refractivity contribution >= 4 is 22.4 Å². The number of hydrogen-bond acceptors (Lipinski definition) is 4. The zero-order valence-corrected chi connectivity index (χ0v) is 10.1. The molecule has 1 aromatic heterocycles. The number of aryl methyl sites for hydroxylation is 1. The van der Waals surface area contributed by atoms with Crippen LogP contribution < -0.4 is 10.1 Å². The van der Waals surface area contributed by atoms with Crippen molar-refractivity contribution in [3.05, 3.63) is 35.8 Å². The SMILES string of the molecule is Cc1nc(Oc2ccc(F)cc2)sc1NC(=O)O. The Bertz CT molecular complexity index is 568. The molecule has 0 fully saturated rings. The Morgan fingerprint density at radius 2 is 2.11 bits per heavy atom. The largest absolute Gasteiger partial charge is 0.465 e. The van der Waals surface area contributed by atoms with Crippen LogP contribution in [-0.4, -0.2) is 16.2 Å². The van der Waals surface area contributed by atoms with Gasteiger partial charge < -0.3 is 9.84 Å². The molecule has 2 N–H and O–H groups in total. The van der Waals surface area contributed by atoms with Crippen LogP contribution >= 0.6 is 11.3 Å². The van der Waals surface area contributed by atoms with Gasteiger partial charge in [0.2, 0.25) is 0 Å². The van der Waals surface area contributed by atoms with Crippen molar-refractivity contribution in [1.29, 1.82) is 0 Å². The first-order valence-corrected chi connectivity index (χ1v) is 5.77. The van der Waals surface area contributed by atoms with E-state index < -0.39 is 6.09 Å². The van der Waals surface area contributed by atoms with Gasteiger partial charge in [0.25, 0.3) is 5.19 Å². The lowest BCUT2D eigenvalue weighted by atomic mass is 10.3. The number of halogens is 1. The number of carboxylic acid groups (broad SMARTS) is 1. The molecule has 0 unspecified atom stereocenters. The zero-order chi connectivity index (χ0) is 13.1. The van der Waals surface area contributed by atoms with Crippen LogP contribution in [0.5, 0.6) is 10.9 Å². The zero-order valence-electron chi connectivity index (χ0n) is 9.31. The third-order valence-corrected chi connectivity index (χ3v) is 2.97. The van der Waals surface area contributed by atoms with Gasteiger partial charge in [0.15, 0.2) is 0 Å². The van der Waals surface area contributed by atoms with Crippen LogP contribution in [-0.2, 0) is 0 Å². The van der Waals surface area contributed by atoms with Crippen molar-refractivity contribution in [1.82, 2.24) is 4.98 Å². The maximum Gasteiger partial charge on any atom is 0.409 e. The smallest absolute Gasteiger partial charge is 0.409 e. The van der Waals surface area contributed by atoms with Crippen molar-refractivity contribution in [3.63, 3.8) is 0 Å². The van der Waals surface area contributed by atoms with E-state index in [1.165, 1.54) is 24.3 Å². The number of aromatic nitrogens is 1. The minimum atomic E-state index is -1.16. The average Bonchev–Trinajstić information content (AvgIpc) is 2.62. The number of nitrogens with one attached hydrogen (secondary N) is 1. The molecule has 0 aliphatic heterocycles. The lowest BCUT2D eigenvalue weighted by Crippen LogP contribution is -2.06.